The lowest BCUT2D eigenvalue weighted by molar-refractivity contribution is -0.145. The van der Waals surface area contributed by atoms with E-state index in [9.17, 15) is 18.0 Å². The number of halogens is 3. The first-order valence-corrected chi connectivity index (χ1v) is 9.39. The molecule has 0 aliphatic heterocycles. The van der Waals surface area contributed by atoms with Crippen LogP contribution in [0.25, 0.3) is 21.7 Å². The fourth-order valence-electron chi connectivity index (χ4n) is 2.86. The number of thioether (sulfide) groups is 1. The Bertz CT molecular complexity index is 1190. The third-order valence-electron chi connectivity index (χ3n) is 4.23. The number of aromatic nitrogens is 2. The lowest BCUT2D eigenvalue weighted by Gasteiger charge is -2.10. The minimum Gasteiger partial charge on any atom is -0.293 e. The molecule has 140 valence electrons. The molecule has 0 radical (unpaired) electrons. The molecular formula is C21H13F3N2OS. The number of benzene rings is 3. The third-order valence-corrected chi connectivity index (χ3v) is 5.22. The van der Waals surface area contributed by atoms with Gasteiger partial charge in [0.2, 0.25) is 5.82 Å². The molecule has 3 aromatic carbocycles. The van der Waals surface area contributed by atoms with Crippen LogP contribution in [0.15, 0.2) is 71.8 Å². The number of nitrogens with zero attached hydrogens (tertiary/aromatic N) is 2. The summed E-state index contributed by atoms with van der Waals surface area (Å²) >= 11 is 0.988. The summed E-state index contributed by atoms with van der Waals surface area (Å²) in [6.45, 7) is 0. The molecule has 0 spiro atoms. The first-order chi connectivity index (χ1) is 13.4. The van der Waals surface area contributed by atoms with Crippen LogP contribution in [0, 0.1) is 0 Å². The van der Waals surface area contributed by atoms with Gasteiger partial charge >= 0.3 is 6.18 Å². The average molecular weight is 398 g/mol. The maximum absolute atomic E-state index is 13.1. The second kappa shape index (κ2) is 7.24. The highest BCUT2D eigenvalue weighted by atomic mass is 32.2. The Labute approximate surface area is 162 Å². The predicted octanol–water partition coefficient (Wildman–Crippen LogP) is 5.78. The second-order valence-corrected chi connectivity index (χ2v) is 7.11. The van der Waals surface area contributed by atoms with E-state index in [0.29, 0.717) is 10.9 Å². The lowest BCUT2D eigenvalue weighted by Crippen LogP contribution is -2.12. The van der Waals surface area contributed by atoms with E-state index < -0.39 is 12.0 Å². The Morgan fingerprint density at radius 2 is 1.61 bits per heavy atom. The molecule has 3 nitrogen and oxygen atoms in total. The summed E-state index contributed by atoms with van der Waals surface area (Å²) < 4.78 is 39.3. The highest BCUT2D eigenvalue weighted by Crippen LogP contribution is 2.32. The summed E-state index contributed by atoms with van der Waals surface area (Å²) in [5.74, 6) is -1.39. The van der Waals surface area contributed by atoms with Crippen LogP contribution >= 0.6 is 11.8 Å². The Balaban J connectivity index is 1.63. The summed E-state index contributed by atoms with van der Waals surface area (Å²) in [5.41, 5.74) is 0.714. The third kappa shape index (κ3) is 3.71. The Hall–Kier alpha value is -2.93. The number of alkyl halides is 3. The summed E-state index contributed by atoms with van der Waals surface area (Å²) in [5, 5.41) is 2.59. The molecule has 0 saturated heterocycles. The topological polar surface area (TPSA) is 42.9 Å². The van der Waals surface area contributed by atoms with Crippen molar-refractivity contribution >= 4 is 39.2 Å². The number of carbonyl (C=O) groups is 1. The normalized spacial score (nSPS) is 11.8. The molecule has 0 saturated carbocycles. The number of Topliss-reactive ketones (excluding diaryl/α,β-unsaturated/α-hetero) is 1. The van der Waals surface area contributed by atoms with Crippen molar-refractivity contribution in [2.24, 2.45) is 0 Å². The zero-order chi connectivity index (χ0) is 19.7. The molecule has 7 heteroatoms. The molecule has 0 N–H and O–H groups in total. The van der Waals surface area contributed by atoms with E-state index in [2.05, 4.69) is 9.97 Å². The molecule has 0 amide bonds. The smallest absolute Gasteiger partial charge is 0.293 e. The standard InChI is InChI=1S/C21H13F3N2OS/c22-21(23,24)20-25-17-8-4-3-7-16(17)19(26-20)28-12-18(27)15-10-9-13-5-1-2-6-14(13)11-15/h1-11H,12H2. The molecule has 28 heavy (non-hydrogen) atoms. The summed E-state index contributed by atoms with van der Waals surface area (Å²) in [4.78, 5) is 19.8. The van der Waals surface area contributed by atoms with E-state index in [0.717, 1.165) is 22.5 Å². The van der Waals surface area contributed by atoms with E-state index in [1.807, 2.05) is 30.3 Å². The van der Waals surface area contributed by atoms with Gasteiger partial charge in [-0.3, -0.25) is 4.79 Å². The summed E-state index contributed by atoms with van der Waals surface area (Å²) in [6.07, 6.45) is -4.65. The second-order valence-electron chi connectivity index (χ2n) is 6.14. The number of hydrogen-bond acceptors (Lipinski definition) is 4. The largest absolute Gasteiger partial charge is 0.451 e. The quantitative estimate of drug-likeness (QED) is 0.248. The Morgan fingerprint density at radius 1 is 0.893 bits per heavy atom. The van der Waals surface area contributed by atoms with Gasteiger partial charge in [0.15, 0.2) is 5.78 Å². The fraction of sp³-hybridized carbons (Fsp3) is 0.0952. The highest BCUT2D eigenvalue weighted by Gasteiger charge is 2.35. The van der Waals surface area contributed by atoms with Crippen molar-refractivity contribution < 1.29 is 18.0 Å². The minimum atomic E-state index is -4.65. The van der Waals surface area contributed by atoms with Crippen molar-refractivity contribution in [1.82, 2.24) is 9.97 Å². The average Bonchev–Trinajstić information content (AvgIpc) is 2.70. The van der Waals surface area contributed by atoms with Gasteiger partial charge in [0.25, 0.3) is 0 Å². The summed E-state index contributed by atoms with van der Waals surface area (Å²) in [7, 11) is 0. The van der Waals surface area contributed by atoms with Crippen molar-refractivity contribution in [3.05, 3.63) is 78.1 Å². The van der Waals surface area contributed by atoms with Crippen molar-refractivity contribution in [1.29, 1.82) is 0 Å². The molecule has 1 heterocycles. The molecule has 0 atom stereocenters. The summed E-state index contributed by atoms with van der Waals surface area (Å²) in [6, 6.07) is 19.5. The van der Waals surface area contributed by atoms with Gasteiger partial charge in [-0.1, -0.05) is 66.4 Å². The van der Waals surface area contributed by atoms with Crippen molar-refractivity contribution in [3.8, 4) is 0 Å². The zero-order valence-electron chi connectivity index (χ0n) is 14.4. The maximum Gasteiger partial charge on any atom is 0.451 e. The van der Waals surface area contributed by atoms with Gasteiger partial charge in [-0.05, 0) is 22.9 Å². The van der Waals surface area contributed by atoms with E-state index in [-0.39, 0.29) is 22.1 Å². The lowest BCUT2D eigenvalue weighted by atomic mass is 10.1. The number of para-hydroxylation sites is 1. The molecule has 4 aromatic rings. The van der Waals surface area contributed by atoms with Crippen LogP contribution < -0.4 is 0 Å². The van der Waals surface area contributed by atoms with Crippen LogP contribution in [-0.4, -0.2) is 21.5 Å². The molecule has 0 aliphatic carbocycles. The molecule has 0 bridgehead atoms. The number of rotatable bonds is 4. The van der Waals surface area contributed by atoms with Gasteiger partial charge in [0.05, 0.1) is 11.3 Å². The van der Waals surface area contributed by atoms with Crippen LogP contribution in [0.5, 0.6) is 0 Å². The minimum absolute atomic E-state index is 0.0172. The predicted molar refractivity (Wildman–Crippen MR) is 104 cm³/mol. The van der Waals surface area contributed by atoms with Gasteiger partial charge in [-0.15, -0.1) is 0 Å². The van der Waals surface area contributed by atoms with Gasteiger partial charge in [-0.25, -0.2) is 9.97 Å². The van der Waals surface area contributed by atoms with Crippen LogP contribution in [0.4, 0.5) is 13.2 Å². The van der Waals surface area contributed by atoms with Crippen molar-refractivity contribution in [3.63, 3.8) is 0 Å². The first-order valence-electron chi connectivity index (χ1n) is 8.40. The number of carbonyl (C=O) groups excluding carboxylic acids is 1. The van der Waals surface area contributed by atoms with Gasteiger partial charge in [0.1, 0.15) is 5.03 Å². The van der Waals surface area contributed by atoms with Crippen LogP contribution in [0.3, 0.4) is 0 Å². The van der Waals surface area contributed by atoms with E-state index in [1.54, 1.807) is 30.3 Å². The van der Waals surface area contributed by atoms with Crippen LogP contribution in [0.2, 0.25) is 0 Å². The molecule has 0 aliphatic rings. The number of ketones is 1. The van der Waals surface area contributed by atoms with Gasteiger partial charge in [0, 0.05) is 10.9 Å². The maximum atomic E-state index is 13.1. The fourth-order valence-corrected chi connectivity index (χ4v) is 3.78. The van der Waals surface area contributed by atoms with Crippen molar-refractivity contribution in [2.75, 3.05) is 5.75 Å². The zero-order valence-corrected chi connectivity index (χ0v) is 15.2. The van der Waals surface area contributed by atoms with Crippen LogP contribution in [0.1, 0.15) is 16.2 Å². The van der Waals surface area contributed by atoms with Crippen molar-refractivity contribution in [2.45, 2.75) is 11.2 Å². The molecular weight excluding hydrogens is 385 g/mol. The highest BCUT2D eigenvalue weighted by molar-refractivity contribution is 8.00. The Morgan fingerprint density at radius 3 is 2.39 bits per heavy atom. The number of hydrogen-bond donors (Lipinski definition) is 0. The van der Waals surface area contributed by atoms with Gasteiger partial charge < -0.3 is 0 Å². The van der Waals surface area contributed by atoms with E-state index in [4.69, 9.17) is 0 Å². The van der Waals surface area contributed by atoms with E-state index >= 15 is 0 Å². The number of fused-ring (bicyclic) bond motifs is 2. The monoisotopic (exact) mass is 398 g/mol. The Kier molecular flexibility index (Phi) is 4.77. The van der Waals surface area contributed by atoms with Crippen LogP contribution in [-0.2, 0) is 6.18 Å². The molecule has 4 rings (SSSR count). The van der Waals surface area contributed by atoms with E-state index in [1.165, 1.54) is 6.07 Å². The first kappa shape index (κ1) is 18.4. The molecule has 0 unspecified atom stereocenters. The molecule has 0 fully saturated rings. The molecule has 1 aromatic heterocycles. The van der Waals surface area contributed by atoms with Gasteiger partial charge in [-0.2, -0.15) is 13.2 Å². The SMILES string of the molecule is O=C(CSc1nc(C(F)(F)F)nc2ccccc12)c1ccc2ccccc2c1.